The molecule has 0 saturated carbocycles. The monoisotopic (exact) mass is 272 g/mol. The van der Waals surface area contributed by atoms with Crippen molar-refractivity contribution in [1.29, 1.82) is 0 Å². The van der Waals surface area contributed by atoms with Gasteiger partial charge in [-0.25, -0.2) is 9.97 Å². The molecule has 1 fully saturated rings. The van der Waals surface area contributed by atoms with E-state index in [4.69, 9.17) is 4.42 Å². The van der Waals surface area contributed by atoms with Gasteiger partial charge in [0.05, 0.1) is 18.1 Å². The van der Waals surface area contributed by atoms with Crippen LogP contribution in [0.4, 0.5) is 0 Å². The molecule has 1 aliphatic heterocycles. The molecule has 0 aliphatic carbocycles. The van der Waals surface area contributed by atoms with Gasteiger partial charge in [0, 0.05) is 18.8 Å². The van der Waals surface area contributed by atoms with Crippen molar-refractivity contribution >= 4 is 0 Å². The third-order valence-electron chi connectivity index (χ3n) is 3.90. The minimum absolute atomic E-state index is 0.524. The second-order valence-electron chi connectivity index (χ2n) is 5.68. The van der Waals surface area contributed by atoms with Crippen LogP contribution in [0, 0.1) is 5.92 Å². The van der Waals surface area contributed by atoms with E-state index in [9.17, 15) is 0 Å². The van der Waals surface area contributed by atoms with Crippen LogP contribution >= 0.6 is 0 Å². The zero-order valence-corrected chi connectivity index (χ0v) is 12.0. The Morgan fingerprint density at radius 2 is 2.20 bits per heavy atom. The van der Waals surface area contributed by atoms with Gasteiger partial charge in [-0.3, -0.25) is 4.98 Å². The molecule has 0 N–H and O–H groups in total. The Kier molecular flexibility index (Phi) is 3.78. The lowest BCUT2D eigenvalue weighted by atomic mass is 10.0. The third kappa shape index (κ3) is 2.88. The SMILES string of the molecule is CC(C)N1CCC(Cc2cnc(-c3ncco3)cn2)C1. The van der Waals surface area contributed by atoms with Crippen LogP contribution in [0.5, 0.6) is 0 Å². The molecule has 0 bridgehead atoms. The zero-order valence-electron chi connectivity index (χ0n) is 12.0. The van der Waals surface area contributed by atoms with Gasteiger partial charge in [-0.2, -0.15) is 0 Å². The highest BCUT2D eigenvalue weighted by Crippen LogP contribution is 2.22. The Balaban J connectivity index is 1.62. The average molecular weight is 272 g/mol. The van der Waals surface area contributed by atoms with Crippen LogP contribution in [-0.2, 0) is 6.42 Å². The van der Waals surface area contributed by atoms with Gasteiger partial charge in [-0.1, -0.05) is 0 Å². The number of oxazole rings is 1. The predicted molar refractivity (Wildman–Crippen MR) is 76.0 cm³/mol. The van der Waals surface area contributed by atoms with Gasteiger partial charge >= 0.3 is 0 Å². The van der Waals surface area contributed by atoms with Crippen LogP contribution in [-0.4, -0.2) is 39.0 Å². The number of nitrogens with zero attached hydrogens (tertiary/aromatic N) is 4. The molecule has 3 heterocycles. The molecule has 2 aromatic heterocycles. The number of likely N-dealkylation sites (tertiary alicyclic amines) is 1. The Morgan fingerprint density at radius 3 is 2.80 bits per heavy atom. The Labute approximate surface area is 119 Å². The molecule has 3 rings (SSSR count). The standard InChI is InChI=1S/C15H20N4O/c1-11(2)19-5-3-12(10-19)7-13-8-18-14(9-17-13)15-16-4-6-20-15/h4,6,8-9,11-12H,3,5,7,10H2,1-2H3. The minimum atomic E-state index is 0.524. The predicted octanol–water partition coefficient (Wildman–Crippen LogP) is 2.40. The smallest absolute Gasteiger partial charge is 0.246 e. The van der Waals surface area contributed by atoms with E-state index in [0.717, 1.165) is 12.1 Å². The molecule has 106 valence electrons. The van der Waals surface area contributed by atoms with Crippen LogP contribution in [0.3, 0.4) is 0 Å². The lowest BCUT2D eigenvalue weighted by Crippen LogP contribution is -2.28. The van der Waals surface area contributed by atoms with Gasteiger partial charge in [0.2, 0.25) is 5.89 Å². The Hall–Kier alpha value is -1.75. The van der Waals surface area contributed by atoms with E-state index in [2.05, 4.69) is 33.7 Å². The molecule has 1 saturated heterocycles. The highest BCUT2D eigenvalue weighted by molar-refractivity contribution is 5.43. The summed E-state index contributed by atoms with van der Waals surface area (Å²) < 4.78 is 5.21. The summed E-state index contributed by atoms with van der Waals surface area (Å²) in [5, 5.41) is 0. The lowest BCUT2D eigenvalue weighted by molar-refractivity contribution is 0.264. The number of rotatable bonds is 4. The van der Waals surface area contributed by atoms with Gasteiger partial charge in [-0.05, 0) is 39.2 Å². The maximum absolute atomic E-state index is 5.21. The van der Waals surface area contributed by atoms with E-state index in [0.29, 0.717) is 23.5 Å². The fourth-order valence-electron chi connectivity index (χ4n) is 2.71. The lowest BCUT2D eigenvalue weighted by Gasteiger charge is -2.20. The first-order valence-electron chi connectivity index (χ1n) is 7.17. The average Bonchev–Trinajstić information content (AvgIpc) is 3.10. The molecule has 0 aromatic carbocycles. The van der Waals surface area contributed by atoms with Crippen molar-refractivity contribution in [1.82, 2.24) is 19.9 Å². The van der Waals surface area contributed by atoms with Crippen molar-refractivity contribution in [2.75, 3.05) is 13.1 Å². The quantitative estimate of drug-likeness (QED) is 0.855. The van der Waals surface area contributed by atoms with Crippen molar-refractivity contribution in [2.45, 2.75) is 32.7 Å². The van der Waals surface area contributed by atoms with Gasteiger partial charge in [-0.15, -0.1) is 0 Å². The maximum atomic E-state index is 5.21. The van der Waals surface area contributed by atoms with E-state index >= 15 is 0 Å². The molecule has 1 aliphatic rings. The molecule has 0 radical (unpaired) electrons. The Morgan fingerprint density at radius 1 is 1.30 bits per heavy atom. The molecule has 5 nitrogen and oxygen atoms in total. The molecule has 1 unspecified atom stereocenters. The van der Waals surface area contributed by atoms with E-state index in [1.54, 1.807) is 18.7 Å². The van der Waals surface area contributed by atoms with Crippen molar-refractivity contribution in [3.8, 4) is 11.6 Å². The molecule has 0 spiro atoms. The summed E-state index contributed by atoms with van der Waals surface area (Å²) in [5.74, 6) is 1.22. The summed E-state index contributed by atoms with van der Waals surface area (Å²) in [7, 11) is 0. The first kappa shape index (κ1) is 13.2. The molecule has 2 aromatic rings. The summed E-state index contributed by atoms with van der Waals surface area (Å²) in [6.45, 7) is 6.88. The first-order valence-corrected chi connectivity index (χ1v) is 7.17. The highest BCUT2D eigenvalue weighted by atomic mass is 16.3. The number of aromatic nitrogens is 3. The van der Waals surface area contributed by atoms with Gasteiger partial charge in [0.15, 0.2) is 0 Å². The normalized spacial score (nSPS) is 19.9. The number of hydrogen-bond acceptors (Lipinski definition) is 5. The first-order chi connectivity index (χ1) is 9.72. The van der Waals surface area contributed by atoms with Crippen LogP contribution < -0.4 is 0 Å². The van der Waals surface area contributed by atoms with Crippen molar-refractivity contribution in [3.05, 3.63) is 30.5 Å². The highest BCUT2D eigenvalue weighted by Gasteiger charge is 2.24. The minimum Gasteiger partial charge on any atom is -0.443 e. The second-order valence-corrected chi connectivity index (χ2v) is 5.68. The molecular weight excluding hydrogens is 252 g/mol. The molecule has 20 heavy (non-hydrogen) atoms. The van der Waals surface area contributed by atoms with Crippen LogP contribution in [0.25, 0.3) is 11.6 Å². The summed E-state index contributed by atoms with van der Waals surface area (Å²) in [6.07, 6.45) is 9.01. The summed E-state index contributed by atoms with van der Waals surface area (Å²) >= 11 is 0. The topological polar surface area (TPSA) is 55.1 Å². The fraction of sp³-hybridized carbons (Fsp3) is 0.533. The van der Waals surface area contributed by atoms with Crippen molar-refractivity contribution in [3.63, 3.8) is 0 Å². The van der Waals surface area contributed by atoms with E-state index in [1.165, 1.54) is 19.5 Å². The zero-order chi connectivity index (χ0) is 13.9. The van der Waals surface area contributed by atoms with Crippen LogP contribution in [0.1, 0.15) is 26.0 Å². The summed E-state index contributed by atoms with van der Waals surface area (Å²) in [4.78, 5) is 15.5. The van der Waals surface area contributed by atoms with Gasteiger partial charge in [0.25, 0.3) is 0 Å². The van der Waals surface area contributed by atoms with E-state index in [-0.39, 0.29) is 0 Å². The third-order valence-corrected chi connectivity index (χ3v) is 3.90. The summed E-state index contributed by atoms with van der Waals surface area (Å²) in [5.41, 5.74) is 1.74. The number of hydrogen-bond donors (Lipinski definition) is 0. The maximum Gasteiger partial charge on any atom is 0.246 e. The van der Waals surface area contributed by atoms with Crippen molar-refractivity contribution in [2.24, 2.45) is 5.92 Å². The van der Waals surface area contributed by atoms with Crippen LogP contribution in [0.15, 0.2) is 29.3 Å². The fourth-order valence-corrected chi connectivity index (χ4v) is 2.71. The second kappa shape index (κ2) is 5.71. The summed E-state index contributed by atoms with van der Waals surface area (Å²) in [6, 6.07) is 0.637. The Bertz CT molecular complexity index is 536. The molecule has 1 atom stereocenters. The molecular formula is C15H20N4O. The van der Waals surface area contributed by atoms with E-state index < -0.39 is 0 Å². The molecule has 0 amide bonds. The van der Waals surface area contributed by atoms with Crippen molar-refractivity contribution < 1.29 is 4.42 Å². The van der Waals surface area contributed by atoms with Gasteiger partial charge < -0.3 is 9.32 Å². The largest absolute Gasteiger partial charge is 0.443 e. The van der Waals surface area contributed by atoms with Gasteiger partial charge in [0.1, 0.15) is 12.0 Å². The van der Waals surface area contributed by atoms with Crippen LogP contribution in [0.2, 0.25) is 0 Å². The van der Waals surface area contributed by atoms with E-state index in [1.807, 2.05) is 6.20 Å². The molecule has 5 heteroatoms.